The number of aromatic nitrogens is 4. The van der Waals surface area contributed by atoms with Crippen LogP contribution in [0.1, 0.15) is 44.0 Å². The van der Waals surface area contributed by atoms with Crippen LogP contribution in [-0.2, 0) is 10.4 Å². The van der Waals surface area contributed by atoms with E-state index in [9.17, 15) is 9.90 Å². The first-order chi connectivity index (χ1) is 12.0. The molecule has 25 heavy (non-hydrogen) atoms. The number of nitrogens with one attached hydrogen (secondary N) is 1. The lowest BCUT2D eigenvalue weighted by Gasteiger charge is -2.17. The van der Waals surface area contributed by atoms with Crippen molar-refractivity contribution in [1.82, 2.24) is 19.7 Å². The smallest absolute Gasteiger partial charge is 0.212 e. The van der Waals surface area contributed by atoms with E-state index >= 15 is 0 Å². The first kappa shape index (κ1) is 15.7. The van der Waals surface area contributed by atoms with Gasteiger partial charge in [0.1, 0.15) is 11.4 Å². The van der Waals surface area contributed by atoms with Crippen molar-refractivity contribution in [2.24, 2.45) is 0 Å². The second kappa shape index (κ2) is 5.63. The first-order valence-electron chi connectivity index (χ1n) is 8.26. The monoisotopic (exact) mass is 337 g/mol. The van der Waals surface area contributed by atoms with Crippen LogP contribution >= 0.6 is 0 Å². The average molecular weight is 337 g/mol. The van der Waals surface area contributed by atoms with Gasteiger partial charge in [0.05, 0.1) is 16.9 Å². The molecule has 0 atom stereocenters. The Morgan fingerprint density at radius 2 is 2.16 bits per heavy atom. The number of hydrogen-bond donors (Lipinski definition) is 2. The Kier molecular flexibility index (Phi) is 3.54. The van der Waals surface area contributed by atoms with Gasteiger partial charge in [0.2, 0.25) is 6.41 Å². The molecular weight excluding hydrogens is 318 g/mol. The molecule has 0 saturated heterocycles. The minimum absolute atomic E-state index is 0.452. The second-order valence-corrected chi connectivity index (χ2v) is 6.86. The molecule has 0 radical (unpaired) electrons. The van der Waals surface area contributed by atoms with E-state index in [0.29, 0.717) is 29.7 Å². The fourth-order valence-electron chi connectivity index (χ4n) is 2.89. The highest BCUT2D eigenvalue weighted by Gasteiger charge is 2.30. The summed E-state index contributed by atoms with van der Waals surface area (Å²) in [5.41, 5.74) is 1.38. The molecule has 1 amide bonds. The van der Waals surface area contributed by atoms with Gasteiger partial charge in [0.15, 0.2) is 5.82 Å². The minimum atomic E-state index is -1.04. The van der Waals surface area contributed by atoms with Crippen molar-refractivity contribution in [2.45, 2.75) is 38.2 Å². The van der Waals surface area contributed by atoms with E-state index in [4.69, 9.17) is 5.10 Å². The van der Waals surface area contributed by atoms with E-state index in [2.05, 4.69) is 15.3 Å². The predicted molar refractivity (Wildman–Crippen MR) is 93.6 cm³/mol. The van der Waals surface area contributed by atoms with Gasteiger partial charge in [0, 0.05) is 23.6 Å². The van der Waals surface area contributed by atoms with Gasteiger partial charge in [-0.15, -0.1) is 0 Å². The maximum atomic E-state index is 10.7. The standard InChI is InChI=1S/C18H19N5O2/c1-18(2,25)14-4-3-5-16(21-14)23-13-8-15(20-10-24)19-9-12(13)17(22-23)11-6-7-11/h3-5,8-11,25H,6-7H2,1-2H3,(H,19,20,24). The van der Waals surface area contributed by atoms with Gasteiger partial charge in [0.25, 0.3) is 0 Å². The molecule has 7 heteroatoms. The Bertz CT molecular complexity index is 954. The zero-order valence-corrected chi connectivity index (χ0v) is 14.1. The summed E-state index contributed by atoms with van der Waals surface area (Å²) in [5.74, 6) is 1.54. The van der Waals surface area contributed by atoms with E-state index in [-0.39, 0.29) is 0 Å². The van der Waals surface area contributed by atoms with Crippen molar-refractivity contribution in [3.05, 3.63) is 41.9 Å². The zero-order valence-electron chi connectivity index (χ0n) is 14.1. The number of nitrogens with zero attached hydrogens (tertiary/aromatic N) is 4. The third kappa shape index (κ3) is 2.87. The maximum absolute atomic E-state index is 10.7. The Labute approximate surface area is 144 Å². The van der Waals surface area contributed by atoms with E-state index in [0.717, 1.165) is 29.4 Å². The number of aliphatic hydroxyl groups is 1. The van der Waals surface area contributed by atoms with Gasteiger partial charge >= 0.3 is 0 Å². The quantitative estimate of drug-likeness (QED) is 0.698. The number of rotatable bonds is 5. The normalized spacial score (nSPS) is 14.7. The van der Waals surface area contributed by atoms with Crippen LogP contribution in [0.3, 0.4) is 0 Å². The number of amides is 1. The summed E-state index contributed by atoms with van der Waals surface area (Å²) in [6, 6.07) is 7.29. The summed E-state index contributed by atoms with van der Waals surface area (Å²) in [5, 5.41) is 18.5. The molecule has 7 nitrogen and oxygen atoms in total. The number of anilines is 1. The Balaban J connectivity index is 1.91. The molecule has 0 aliphatic heterocycles. The summed E-state index contributed by atoms with van der Waals surface area (Å²) in [6.45, 7) is 3.40. The molecule has 0 aromatic carbocycles. The Hall–Kier alpha value is -2.80. The summed E-state index contributed by atoms with van der Waals surface area (Å²) < 4.78 is 1.76. The van der Waals surface area contributed by atoms with Crippen LogP contribution in [0, 0.1) is 0 Å². The minimum Gasteiger partial charge on any atom is -0.384 e. The van der Waals surface area contributed by atoms with Crippen molar-refractivity contribution in [3.63, 3.8) is 0 Å². The van der Waals surface area contributed by atoms with Crippen LogP contribution in [0.25, 0.3) is 16.7 Å². The van der Waals surface area contributed by atoms with Crippen LogP contribution in [0.15, 0.2) is 30.5 Å². The van der Waals surface area contributed by atoms with Crippen LogP contribution in [0.2, 0.25) is 0 Å². The molecule has 0 bridgehead atoms. The van der Waals surface area contributed by atoms with E-state index < -0.39 is 5.60 Å². The zero-order chi connectivity index (χ0) is 17.6. The molecule has 3 aromatic rings. The molecule has 3 aromatic heterocycles. The summed E-state index contributed by atoms with van der Waals surface area (Å²) >= 11 is 0. The topological polar surface area (TPSA) is 92.9 Å². The maximum Gasteiger partial charge on any atom is 0.212 e. The van der Waals surface area contributed by atoms with E-state index in [1.165, 1.54) is 0 Å². The number of hydrogen-bond acceptors (Lipinski definition) is 5. The van der Waals surface area contributed by atoms with Crippen LogP contribution < -0.4 is 5.32 Å². The molecule has 1 aliphatic rings. The highest BCUT2D eigenvalue weighted by molar-refractivity contribution is 5.86. The number of carbonyl (C=O) groups is 1. The molecule has 4 rings (SSSR count). The second-order valence-electron chi connectivity index (χ2n) is 6.86. The number of pyridine rings is 2. The largest absolute Gasteiger partial charge is 0.384 e. The number of fused-ring (bicyclic) bond motifs is 1. The molecule has 1 aliphatic carbocycles. The van der Waals surface area contributed by atoms with Crippen molar-refractivity contribution < 1.29 is 9.90 Å². The van der Waals surface area contributed by atoms with Gasteiger partial charge in [-0.2, -0.15) is 5.10 Å². The summed E-state index contributed by atoms with van der Waals surface area (Å²) in [6.07, 6.45) is 4.59. The third-order valence-corrected chi connectivity index (χ3v) is 4.34. The predicted octanol–water partition coefficient (Wildman–Crippen LogP) is 2.49. The molecule has 2 N–H and O–H groups in total. The molecule has 0 spiro atoms. The lowest BCUT2D eigenvalue weighted by molar-refractivity contribution is -0.105. The lowest BCUT2D eigenvalue weighted by Crippen LogP contribution is -2.18. The van der Waals surface area contributed by atoms with Crippen molar-refractivity contribution in [3.8, 4) is 5.82 Å². The van der Waals surface area contributed by atoms with Gasteiger partial charge < -0.3 is 10.4 Å². The number of carbonyl (C=O) groups excluding carboxylic acids is 1. The Morgan fingerprint density at radius 1 is 1.36 bits per heavy atom. The molecule has 128 valence electrons. The van der Waals surface area contributed by atoms with Crippen molar-refractivity contribution >= 4 is 23.1 Å². The van der Waals surface area contributed by atoms with E-state index in [1.54, 1.807) is 36.9 Å². The lowest BCUT2D eigenvalue weighted by atomic mass is 10.1. The summed E-state index contributed by atoms with van der Waals surface area (Å²) in [7, 11) is 0. The van der Waals surface area contributed by atoms with Gasteiger partial charge in [-0.25, -0.2) is 14.6 Å². The first-order valence-corrected chi connectivity index (χ1v) is 8.26. The fourth-order valence-corrected chi connectivity index (χ4v) is 2.89. The highest BCUT2D eigenvalue weighted by Crippen LogP contribution is 2.42. The van der Waals surface area contributed by atoms with Gasteiger partial charge in [-0.1, -0.05) is 6.07 Å². The van der Waals surface area contributed by atoms with Crippen molar-refractivity contribution in [1.29, 1.82) is 0 Å². The molecular formula is C18H19N5O2. The Morgan fingerprint density at radius 3 is 2.84 bits per heavy atom. The van der Waals surface area contributed by atoms with Crippen LogP contribution in [0.5, 0.6) is 0 Å². The third-order valence-electron chi connectivity index (χ3n) is 4.34. The van der Waals surface area contributed by atoms with E-state index in [1.807, 2.05) is 12.1 Å². The molecule has 1 saturated carbocycles. The average Bonchev–Trinajstić information content (AvgIpc) is 3.35. The van der Waals surface area contributed by atoms with Crippen LogP contribution in [0.4, 0.5) is 5.82 Å². The van der Waals surface area contributed by atoms with Gasteiger partial charge in [-0.3, -0.25) is 4.79 Å². The molecule has 0 unspecified atom stereocenters. The molecule has 1 fully saturated rings. The van der Waals surface area contributed by atoms with Crippen molar-refractivity contribution in [2.75, 3.05) is 5.32 Å². The SMILES string of the molecule is CC(C)(O)c1cccc(-n2nc(C3CC3)c3cnc(NC=O)cc32)n1. The fraction of sp³-hybridized carbons (Fsp3) is 0.333. The molecule has 3 heterocycles. The highest BCUT2D eigenvalue weighted by atomic mass is 16.3. The summed E-state index contributed by atoms with van der Waals surface area (Å²) in [4.78, 5) is 19.6. The van der Waals surface area contributed by atoms with Gasteiger partial charge in [-0.05, 0) is 38.8 Å². The van der Waals surface area contributed by atoms with Crippen LogP contribution in [-0.4, -0.2) is 31.3 Å².